The topological polar surface area (TPSA) is 20.2 Å². The molecule has 0 atom stereocenters. The van der Waals surface area contributed by atoms with Crippen molar-refractivity contribution >= 4 is 0 Å². The van der Waals surface area contributed by atoms with Crippen LogP contribution in [0.25, 0.3) is 0 Å². The SMILES string of the molecule is CCCC=C(O)CCC(C)C. The van der Waals surface area contributed by atoms with Crippen molar-refractivity contribution in [3.05, 3.63) is 11.8 Å². The molecule has 0 bridgehead atoms. The molecule has 1 N–H and O–H groups in total. The molecule has 0 rings (SSSR count). The molecule has 0 spiro atoms. The van der Waals surface area contributed by atoms with Crippen molar-refractivity contribution in [3.63, 3.8) is 0 Å². The molecule has 0 saturated heterocycles. The standard InChI is InChI=1S/C10H20O/c1-4-5-6-10(11)8-7-9(2)3/h6,9,11H,4-5,7-8H2,1-3H3. The Morgan fingerprint density at radius 1 is 1.45 bits per heavy atom. The van der Waals surface area contributed by atoms with E-state index in [0.717, 1.165) is 25.7 Å². The third-order valence-electron chi connectivity index (χ3n) is 1.65. The predicted octanol–water partition coefficient (Wildman–Crippen LogP) is 3.66. The Kier molecular flexibility index (Phi) is 6.00. The van der Waals surface area contributed by atoms with Gasteiger partial charge in [0.05, 0.1) is 5.76 Å². The number of aliphatic hydroxyl groups excluding tert-OH is 1. The third kappa shape index (κ3) is 7.44. The summed E-state index contributed by atoms with van der Waals surface area (Å²) in [6.45, 7) is 6.46. The van der Waals surface area contributed by atoms with Gasteiger partial charge in [-0.2, -0.15) is 0 Å². The molecule has 0 aromatic heterocycles. The summed E-state index contributed by atoms with van der Waals surface area (Å²) in [5.74, 6) is 1.26. The fourth-order valence-corrected chi connectivity index (χ4v) is 0.850. The lowest BCUT2D eigenvalue weighted by Gasteiger charge is -2.02. The van der Waals surface area contributed by atoms with Crippen molar-refractivity contribution in [1.29, 1.82) is 0 Å². The fraction of sp³-hybridized carbons (Fsp3) is 0.800. The largest absolute Gasteiger partial charge is 0.513 e. The quantitative estimate of drug-likeness (QED) is 0.602. The highest BCUT2D eigenvalue weighted by molar-refractivity contribution is 4.90. The maximum atomic E-state index is 9.29. The first-order chi connectivity index (χ1) is 5.16. The van der Waals surface area contributed by atoms with Gasteiger partial charge in [0.2, 0.25) is 0 Å². The molecule has 0 unspecified atom stereocenters. The number of unbranched alkanes of at least 4 members (excludes halogenated alkanes) is 1. The molecule has 0 aromatic carbocycles. The van der Waals surface area contributed by atoms with Crippen molar-refractivity contribution in [2.45, 2.75) is 46.5 Å². The second-order valence-electron chi connectivity index (χ2n) is 3.42. The normalized spacial score (nSPS) is 12.5. The van der Waals surface area contributed by atoms with Crippen molar-refractivity contribution in [3.8, 4) is 0 Å². The summed E-state index contributed by atoms with van der Waals surface area (Å²) in [6, 6.07) is 0. The highest BCUT2D eigenvalue weighted by Crippen LogP contribution is 2.09. The molecule has 0 aliphatic heterocycles. The summed E-state index contributed by atoms with van der Waals surface area (Å²) >= 11 is 0. The average Bonchev–Trinajstić information content (AvgIpc) is 1.97. The molecule has 1 nitrogen and oxygen atoms in total. The molecular weight excluding hydrogens is 136 g/mol. The van der Waals surface area contributed by atoms with Crippen LogP contribution >= 0.6 is 0 Å². The number of aliphatic hydroxyl groups is 1. The molecule has 0 heterocycles. The fourth-order valence-electron chi connectivity index (χ4n) is 0.850. The van der Waals surface area contributed by atoms with Gasteiger partial charge in [-0.25, -0.2) is 0 Å². The molecule has 66 valence electrons. The number of allylic oxidation sites excluding steroid dienone is 2. The van der Waals surface area contributed by atoms with Crippen LogP contribution in [0, 0.1) is 5.92 Å². The van der Waals surface area contributed by atoms with Gasteiger partial charge in [-0.3, -0.25) is 0 Å². The van der Waals surface area contributed by atoms with E-state index in [2.05, 4.69) is 20.8 Å². The van der Waals surface area contributed by atoms with Gasteiger partial charge in [0.25, 0.3) is 0 Å². The summed E-state index contributed by atoms with van der Waals surface area (Å²) in [7, 11) is 0. The summed E-state index contributed by atoms with van der Waals surface area (Å²) in [4.78, 5) is 0. The second kappa shape index (κ2) is 6.26. The van der Waals surface area contributed by atoms with Crippen LogP contribution in [0.4, 0.5) is 0 Å². The van der Waals surface area contributed by atoms with Gasteiger partial charge in [0.1, 0.15) is 0 Å². The summed E-state index contributed by atoms with van der Waals surface area (Å²) < 4.78 is 0. The van der Waals surface area contributed by atoms with Gasteiger partial charge in [0, 0.05) is 6.42 Å². The number of hydrogen-bond donors (Lipinski definition) is 1. The minimum Gasteiger partial charge on any atom is -0.513 e. The van der Waals surface area contributed by atoms with E-state index < -0.39 is 0 Å². The van der Waals surface area contributed by atoms with E-state index in [0.29, 0.717) is 11.7 Å². The zero-order chi connectivity index (χ0) is 8.69. The van der Waals surface area contributed by atoms with Gasteiger partial charge < -0.3 is 5.11 Å². The van der Waals surface area contributed by atoms with Crippen molar-refractivity contribution in [2.24, 2.45) is 5.92 Å². The summed E-state index contributed by atoms with van der Waals surface area (Å²) in [5, 5.41) is 9.29. The first-order valence-electron chi connectivity index (χ1n) is 4.54. The summed E-state index contributed by atoms with van der Waals surface area (Å²) in [6.07, 6.45) is 5.99. The van der Waals surface area contributed by atoms with Crippen LogP contribution in [0.15, 0.2) is 11.8 Å². The van der Waals surface area contributed by atoms with E-state index in [9.17, 15) is 5.11 Å². The lowest BCUT2D eigenvalue weighted by Crippen LogP contribution is -1.89. The van der Waals surface area contributed by atoms with Gasteiger partial charge >= 0.3 is 0 Å². The first-order valence-corrected chi connectivity index (χ1v) is 4.54. The smallest absolute Gasteiger partial charge is 0.0882 e. The molecule has 0 aromatic rings. The lowest BCUT2D eigenvalue weighted by molar-refractivity contribution is 0.369. The Labute approximate surface area is 70.1 Å². The van der Waals surface area contributed by atoms with Crippen molar-refractivity contribution < 1.29 is 5.11 Å². The minimum absolute atomic E-state index is 0.570. The van der Waals surface area contributed by atoms with E-state index in [-0.39, 0.29) is 0 Å². The number of rotatable bonds is 5. The highest BCUT2D eigenvalue weighted by Gasteiger charge is 1.96. The Morgan fingerprint density at radius 2 is 2.09 bits per heavy atom. The molecule has 0 aliphatic carbocycles. The van der Waals surface area contributed by atoms with E-state index in [1.54, 1.807) is 0 Å². The van der Waals surface area contributed by atoms with Gasteiger partial charge in [0.15, 0.2) is 0 Å². The van der Waals surface area contributed by atoms with Gasteiger partial charge in [-0.15, -0.1) is 0 Å². The maximum absolute atomic E-state index is 9.29. The van der Waals surface area contributed by atoms with Crippen LogP contribution in [0.3, 0.4) is 0 Å². The van der Waals surface area contributed by atoms with Crippen molar-refractivity contribution in [2.75, 3.05) is 0 Å². The minimum atomic E-state index is 0.570. The number of hydrogen-bond acceptors (Lipinski definition) is 1. The summed E-state index contributed by atoms with van der Waals surface area (Å²) in [5.41, 5.74) is 0. The zero-order valence-electron chi connectivity index (χ0n) is 7.93. The second-order valence-corrected chi connectivity index (χ2v) is 3.42. The Hall–Kier alpha value is -0.460. The Morgan fingerprint density at radius 3 is 2.55 bits per heavy atom. The molecule has 0 fully saturated rings. The maximum Gasteiger partial charge on any atom is 0.0882 e. The first kappa shape index (κ1) is 10.5. The van der Waals surface area contributed by atoms with E-state index in [4.69, 9.17) is 0 Å². The van der Waals surface area contributed by atoms with Crippen LogP contribution in [-0.2, 0) is 0 Å². The van der Waals surface area contributed by atoms with E-state index in [1.807, 2.05) is 6.08 Å². The highest BCUT2D eigenvalue weighted by atomic mass is 16.3. The van der Waals surface area contributed by atoms with Crippen LogP contribution < -0.4 is 0 Å². The van der Waals surface area contributed by atoms with Crippen LogP contribution in [0.5, 0.6) is 0 Å². The molecule has 0 radical (unpaired) electrons. The Bertz CT molecular complexity index is 114. The molecule has 1 heteroatoms. The molecule has 0 saturated carbocycles. The van der Waals surface area contributed by atoms with E-state index >= 15 is 0 Å². The van der Waals surface area contributed by atoms with Gasteiger partial charge in [-0.05, 0) is 24.8 Å². The van der Waals surface area contributed by atoms with Gasteiger partial charge in [-0.1, -0.05) is 27.2 Å². The monoisotopic (exact) mass is 156 g/mol. The van der Waals surface area contributed by atoms with Crippen LogP contribution in [0.1, 0.15) is 46.5 Å². The zero-order valence-corrected chi connectivity index (χ0v) is 7.93. The molecule has 0 aliphatic rings. The van der Waals surface area contributed by atoms with Crippen LogP contribution in [-0.4, -0.2) is 5.11 Å². The molecular formula is C10H20O. The average molecular weight is 156 g/mol. The molecule has 11 heavy (non-hydrogen) atoms. The van der Waals surface area contributed by atoms with Crippen molar-refractivity contribution in [1.82, 2.24) is 0 Å². The lowest BCUT2D eigenvalue weighted by atomic mass is 10.1. The molecule has 0 amide bonds. The Balaban J connectivity index is 3.42. The van der Waals surface area contributed by atoms with E-state index in [1.165, 1.54) is 0 Å². The predicted molar refractivity (Wildman–Crippen MR) is 49.7 cm³/mol. The third-order valence-corrected chi connectivity index (χ3v) is 1.65. The van der Waals surface area contributed by atoms with Crippen LogP contribution in [0.2, 0.25) is 0 Å².